The number of aromatic amines is 2. The SMILES string of the molecule is COC(=O)N[C@H]1CCCCCOCC[C@@H](c2ncc(-c3ccc(-c4ccc(-c5cnc([C@@H]6CCCN6C(=O)C(c6ccc([N+](=O)[O-])cc6)N(C)C)[nH]5)cc4)cc3)[nH]2)NC1=O. The number of methoxy groups -OCH3 is 1. The van der Waals surface area contributed by atoms with Gasteiger partial charge in [-0.25, -0.2) is 14.8 Å². The van der Waals surface area contributed by atoms with E-state index in [0.29, 0.717) is 44.0 Å². The van der Waals surface area contributed by atoms with Crippen molar-refractivity contribution >= 4 is 23.6 Å². The number of carbonyl (C=O) groups excluding carboxylic acids is 3. The first-order chi connectivity index (χ1) is 29.1. The number of H-pyrrole nitrogens is 2. The van der Waals surface area contributed by atoms with Gasteiger partial charge in [0, 0.05) is 31.9 Å². The molecule has 16 nitrogen and oxygen atoms in total. The number of rotatable bonds is 10. The molecule has 2 aliphatic heterocycles. The van der Waals surface area contributed by atoms with Gasteiger partial charge in [0.2, 0.25) is 11.8 Å². The second-order valence-corrected chi connectivity index (χ2v) is 15.4. The van der Waals surface area contributed by atoms with Crippen LogP contribution in [-0.2, 0) is 19.1 Å². The van der Waals surface area contributed by atoms with Gasteiger partial charge >= 0.3 is 6.09 Å². The number of non-ortho nitro benzene ring substituents is 1. The Bertz CT molecular complexity index is 2250. The van der Waals surface area contributed by atoms with Crippen LogP contribution in [0, 0.1) is 10.1 Å². The minimum Gasteiger partial charge on any atom is -0.453 e. The van der Waals surface area contributed by atoms with Gasteiger partial charge in [0.05, 0.1) is 47.9 Å². The number of imidazole rings is 2. The summed E-state index contributed by atoms with van der Waals surface area (Å²) in [4.78, 5) is 69.9. The van der Waals surface area contributed by atoms with Crippen LogP contribution in [0.1, 0.15) is 80.3 Å². The van der Waals surface area contributed by atoms with Crippen LogP contribution in [0.4, 0.5) is 10.5 Å². The highest BCUT2D eigenvalue weighted by atomic mass is 16.6. The summed E-state index contributed by atoms with van der Waals surface area (Å²) in [6, 6.07) is 20.6. The zero-order chi connectivity index (χ0) is 42.2. The average Bonchev–Trinajstić information content (AvgIpc) is 4.06. The summed E-state index contributed by atoms with van der Waals surface area (Å²) < 4.78 is 10.6. The maximum absolute atomic E-state index is 14.0. The number of nitro groups is 1. The predicted octanol–water partition coefficient (Wildman–Crippen LogP) is 6.87. The minimum atomic E-state index is -0.714. The third-order valence-electron chi connectivity index (χ3n) is 11.2. The lowest BCUT2D eigenvalue weighted by Crippen LogP contribution is -2.48. The van der Waals surface area contributed by atoms with E-state index in [0.717, 1.165) is 71.6 Å². The molecular weight excluding hydrogens is 767 g/mol. The molecule has 3 amide bonds. The zero-order valence-corrected chi connectivity index (χ0v) is 34.1. The Balaban J connectivity index is 1.00. The highest BCUT2D eigenvalue weighted by molar-refractivity contribution is 5.86. The number of hydrogen-bond acceptors (Lipinski definition) is 10. The lowest BCUT2D eigenvalue weighted by molar-refractivity contribution is -0.384. The molecule has 0 radical (unpaired) electrons. The summed E-state index contributed by atoms with van der Waals surface area (Å²) in [5.74, 6) is 0.957. The summed E-state index contributed by atoms with van der Waals surface area (Å²) in [7, 11) is 4.95. The van der Waals surface area contributed by atoms with Crippen molar-refractivity contribution < 1.29 is 28.8 Å². The highest BCUT2D eigenvalue weighted by Crippen LogP contribution is 2.36. The highest BCUT2D eigenvalue weighted by Gasteiger charge is 2.37. The standard InChI is InChI=1S/C44H51N9O7/c1-51(2)39(32-18-20-33(21-19-32)53(57)58)43(55)52-23-7-9-38(52)41-46-27-37(48-41)31-16-12-29(13-17-31)28-10-14-30(15-11-28)36-26-45-40(47-36)34-22-25-60-24-6-4-5-8-35(42(54)49-34)50-44(56)59-3/h10-21,26-27,34-35,38-39H,4-9,22-25H2,1-3H3,(H,45,47)(H,46,48)(H,49,54)(H,50,56)/t34-,35-,38-,39?/m0/s1. The number of hydrogen-bond donors (Lipinski definition) is 4. The molecule has 7 rings (SSSR count). The summed E-state index contributed by atoms with van der Waals surface area (Å²) in [5.41, 5.74) is 6.30. The van der Waals surface area contributed by atoms with Crippen molar-refractivity contribution in [2.45, 2.75) is 69.1 Å². The van der Waals surface area contributed by atoms with E-state index in [1.54, 1.807) is 24.5 Å². The van der Waals surface area contributed by atoms with Crippen molar-refractivity contribution in [3.8, 4) is 33.6 Å². The first-order valence-electron chi connectivity index (χ1n) is 20.3. The lowest BCUT2D eigenvalue weighted by atomic mass is 10.0. The Hall–Kier alpha value is -6.39. The first-order valence-corrected chi connectivity index (χ1v) is 20.3. The third-order valence-corrected chi connectivity index (χ3v) is 11.2. The van der Waals surface area contributed by atoms with E-state index in [-0.39, 0.29) is 23.5 Å². The maximum atomic E-state index is 14.0. The number of aromatic nitrogens is 4. The molecule has 314 valence electrons. The lowest BCUT2D eigenvalue weighted by Gasteiger charge is -2.31. The van der Waals surface area contributed by atoms with E-state index in [2.05, 4.69) is 49.9 Å². The van der Waals surface area contributed by atoms with E-state index in [1.165, 1.54) is 19.2 Å². The normalized spacial score (nSPS) is 19.5. The summed E-state index contributed by atoms with van der Waals surface area (Å²) in [6.45, 7) is 1.68. The van der Waals surface area contributed by atoms with Crippen LogP contribution in [0.15, 0.2) is 85.2 Å². The number of likely N-dealkylation sites (tertiary alicyclic amines) is 1. The molecule has 0 aliphatic carbocycles. The molecule has 0 bridgehead atoms. The molecule has 5 aromatic rings. The van der Waals surface area contributed by atoms with Crippen LogP contribution in [0.25, 0.3) is 33.6 Å². The van der Waals surface area contributed by atoms with Crippen LogP contribution in [0.2, 0.25) is 0 Å². The van der Waals surface area contributed by atoms with E-state index in [1.807, 2.05) is 48.2 Å². The fourth-order valence-corrected chi connectivity index (χ4v) is 7.96. The molecule has 2 aromatic heterocycles. The molecule has 3 aromatic carbocycles. The van der Waals surface area contributed by atoms with Crippen LogP contribution < -0.4 is 10.6 Å². The quantitative estimate of drug-likeness (QED) is 0.0852. The van der Waals surface area contributed by atoms with E-state index >= 15 is 0 Å². The average molecular weight is 818 g/mol. The molecule has 2 aliphatic rings. The maximum Gasteiger partial charge on any atom is 0.407 e. The molecule has 0 spiro atoms. The predicted molar refractivity (Wildman–Crippen MR) is 224 cm³/mol. The van der Waals surface area contributed by atoms with Crippen molar-refractivity contribution in [1.29, 1.82) is 0 Å². The Morgan fingerprint density at radius 2 is 1.45 bits per heavy atom. The van der Waals surface area contributed by atoms with Gasteiger partial charge in [-0.05, 0) is 74.0 Å². The Labute approximate surface area is 348 Å². The van der Waals surface area contributed by atoms with Crippen LogP contribution in [0.5, 0.6) is 0 Å². The fraction of sp³-hybridized carbons (Fsp3) is 0.386. The molecule has 60 heavy (non-hydrogen) atoms. The van der Waals surface area contributed by atoms with Crippen LogP contribution in [-0.4, -0.2) is 99.6 Å². The molecule has 1 unspecified atom stereocenters. The number of likely N-dealkylation sites (N-methyl/N-ethyl adjacent to an activating group) is 1. The number of carbonyl (C=O) groups is 3. The Kier molecular flexibility index (Phi) is 13.3. The molecule has 4 heterocycles. The molecule has 16 heteroatoms. The fourth-order valence-electron chi connectivity index (χ4n) is 7.96. The first kappa shape index (κ1) is 41.8. The molecule has 0 saturated carbocycles. The minimum absolute atomic E-state index is 0.0167. The molecule has 4 atom stereocenters. The van der Waals surface area contributed by atoms with Crippen molar-refractivity contribution in [3.05, 3.63) is 113 Å². The van der Waals surface area contributed by atoms with Crippen molar-refractivity contribution in [3.63, 3.8) is 0 Å². The van der Waals surface area contributed by atoms with Crippen LogP contribution >= 0.6 is 0 Å². The molecule has 4 N–H and O–H groups in total. The van der Waals surface area contributed by atoms with E-state index in [4.69, 9.17) is 14.5 Å². The Morgan fingerprint density at radius 1 is 0.833 bits per heavy atom. The smallest absolute Gasteiger partial charge is 0.407 e. The molecule has 2 fully saturated rings. The van der Waals surface area contributed by atoms with Crippen LogP contribution in [0.3, 0.4) is 0 Å². The number of ether oxygens (including phenoxy) is 2. The topological polar surface area (TPSA) is 201 Å². The second-order valence-electron chi connectivity index (χ2n) is 15.4. The number of alkyl carbamates (subject to hydrolysis) is 1. The van der Waals surface area contributed by atoms with Crippen molar-refractivity contribution in [2.24, 2.45) is 0 Å². The van der Waals surface area contributed by atoms with E-state index in [9.17, 15) is 24.5 Å². The van der Waals surface area contributed by atoms with Crippen molar-refractivity contribution in [1.82, 2.24) is 40.4 Å². The van der Waals surface area contributed by atoms with Gasteiger partial charge in [0.25, 0.3) is 5.69 Å². The van der Waals surface area contributed by atoms with Gasteiger partial charge in [-0.3, -0.25) is 24.6 Å². The van der Waals surface area contributed by atoms with Gasteiger partial charge in [-0.15, -0.1) is 0 Å². The van der Waals surface area contributed by atoms with Gasteiger partial charge in [-0.2, -0.15) is 0 Å². The van der Waals surface area contributed by atoms with Gasteiger partial charge in [-0.1, -0.05) is 73.5 Å². The summed E-state index contributed by atoms with van der Waals surface area (Å²) in [6.07, 6.45) is 8.09. The summed E-state index contributed by atoms with van der Waals surface area (Å²) in [5, 5.41) is 16.9. The van der Waals surface area contributed by atoms with Gasteiger partial charge in [0.15, 0.2) is 0 Å². The largest absolute Gasteiger partial charge is 0.453 e. The number of amides is 3. The summed E-state index contributed by atoms with van der Waals surface area (Å²) >= 11 is 0. The molecule has 2 saturated heterocycles. The number of benzene rings is 3. The number of nitrogens with zero attached hydrogens (tertiary/aromatic N) is 5. The second kappa shape index (κ2) is 19.1. The Morgan fingerprint density at radius 3 is 2.07 bits per heavy atom. The van der Waals surface area contributed by atoms with E-state index < -0.39 is 29.1 Å². The van der Waals surface area contributed by atoms with Crippen molar-refractivity contribution in [2.75, 3.05) is 41.0 Å². The number of nitrogens with one attached hydrogen (secondary N) is 4. The monoisotopic (exact) mass is 817 g/mol. The zero-order valence-electron chi connectivity index (χ0n) is 34.1. The number of nitro benzene ring substituents is 1. The third kappa shape index (κ3) is 9.72. The molecular formula is C44H51N9O7. The van der Waals surface area contributed by atoms with Gasteiger partial charge < -0.3 is 35.0 Å². The van der Waals surface area contributed by atoms with Gasteiger partial charge in [0.1, 0.15) is 23.7 Å².